The van der Waals surface area contributed by atoms with Crippen molar-refractivity contribution in [3.8, 4) is 0 Å². The molecule has 0 N–H and O–H groups in total. The number of halogens is 1. The zero-order valence-corrected chi connectivity index (χ0v) is 10.1. The van der Waals surface area contributed by atoms with Gasteiger partial charge in [0.25, 0.3) is 0 Å². The third-order valence-electron chi connectivity index (χ3n) is 3.11. The summed E-state index contributed by atoms with van der Waals surface area (Å²) in [6.07, 6.45) is 3.52. The van der Waals surface area contributed by atoms with Crippen molar-refractivity contribution in [3.63, 3.8) is 0 Å². The molecule has 0 radical (unpaired) electrons. The lowest BCUT2D eigenvalue weighted by Gasteiger charge is -2.31. The number of hydrogen-bond acceptors (Lipinski definition) is 3. The minimum absolute atomic E-state index is 0.239. The molecule has 16 heavy (non-hydrogen) atoms. The molecule has 1 fully saturated rings. The Morgan fingerprint density at radius 3 is 2.62 bits per heavy atom. The first-order valence-electron chi connectivity index (χ1n) is 5.54. The predicted molar refractivity (Wildman–Crippen MR) is 64.9 cm³/mol. The van der Waals surface area contributed by atoms with Gasteiger partial charge in [-0.2, -0.15) is 0 Å². The number of ketones is 1. The minimum Gasteiger partial charge on any atom is -0.357 e. The van der Waals surface area contributed by atoms with E-state index in [9.17, 15) is 4.79 Å². The molecule has 0 spiro atoms. The second-order valence-electron chi connectivity index (χ2n) is 4.21. The van der Waals surface area contributed by atoms with E-state index in [0.717, 1.165) is 31.7 Å². The molecule has 1 aliphatic heterocycles. The number of rotatable bonds is 2. The van der Waals surface area contributed by atoms with Crippen molar-refractivity contribution in [2.45, 2.75) is 19.8 Å². The first-order valence-corrected chi connectivity index (χ1v) is 5.91. The normalized spacial score (nSPS) is 17.5. The second-order valence-corrected chi connectivity index (χ2v) is 4.64. The number of carbonyl (C=O) groups excluding carboxylic acids is 1. The Kier molecular flexibility index (Phi) is 3.44. The van der Waals surface area contributed by atoms with E-state index in [1.165, 1.54) is 0 Å². The van der Waals surface area contributed by atoms with Gasteiger partial charge in [0, 0.05) is 25.2 Å². The zero-order valence-electron chi connectivity index (χ0n) is 9.32. The van der Waals surface area contributed by atoms with Gasteiger partial charge in [0.15, 0.2) is 0 Å². The maximum Gasteiger partial charge on any atom is 0.133 e. The Balaban J connectivity index is 1.99. The van der Waals surface area contributed by atoms with Gasteiger partial charge in [0.1, 0.15) is 11.6 Å². The highest BCUT2D eigenvalue weighted by molar-refractivity contribution is 6.30. The van der Waals surface area contributed by atoms with Crippen LogP contribution in [0.15, 0.2) is 18.3 Å². The quantitative estimate of drug-likeness (QED) is 0.794. The fraction of sp³-hybridized carbons (Fsp3) is 0.500. The molecule has 1 aromatic rings. The molecule has 0 aliphatic carbocycles. The van der Waals surface area contributed by atoms with E-state index in [2.05, 4.69) is 9.88 Å². The molecule has 4 heteroatoms. The molecule has 1 saturated heterocycles. The molecular formula is C12H15ClN2O. The summed E-state index contributed by atoms with van der Waals surface area (Å²) in [6.45, 7) is 3.48. The van der Waals surface area contributed by atoms with Crippen molar-refractivity contribution in [2.24, 2.45) is 5.92 Å². The molecular weight excluding hydrogens is 224 g/mol. The fourth-order valence-electron chi connectivity index (χ4n) is 2.07. The number of hydrogen-bond donors (Lipinski definition) is 0. The maximum atomic E-state index is 11.2. The van der Waals surface area contributed by atoms with Crippen LogP contribution in [-0.2, 0) is 4.79 Å². The van der Waals surface area contributed by atoms with Gasteiger partial charge in [-0.15, -0.1) is 0 Å². The van der Waals surface area contributed by atoms with Crippen LogP contribution >= 0.6 is 11.6 Å². The molecule has 1 aromatic heterocycles. The Morgan fingerprint density at radius 1 is 1.44 bits per heavy atom. The van der Waals surface area contributed by atoms with Gasteiger partial charge in [-0.3, -0.25) is 4.79 Å². The van der Waals surface area contributed by atoms with Crippen molar-refractivity contribution in [3.05, 3.63) is 23.4 Å². The highest BCUT2D eigenvalue weighted by atomic mass is 35.5. The topological polar surface area (TPSA) is 33.2 Å². The van der Waals surface area contributed by atoms with Crippen LogP contribution in [0.25, 0.3) is 0 Å². The van der Waals surface area contributed by atoms with E-state index < -0.39 is 0 Å². The van der Waals surface area contributed by atoms with Crippen LogP contribution in [0, 0.1) is 5.92 Å². The zero-order chi connectivity index (χ0) is 11.5. The number of piperidine rings is 1. The standard InChI is InChI=1S/C12H15ClN2O/c1-9(16)10-4-6-15(7-5-10)12-3-2-11(13)8-14-12/h2-3,8,10H,4-7H2,1H3. The molecule has 3 nitrogen and oxygen atoms in total. The summed E-state index contributed by atoms with van der Waals surface area (Å²) in [6, 6.07) is 3.78. The fourth-order valence-corrected chi connectivity index (χ4v) is 2.18. The number of Topliss-reactive ketones (excluding diaryl/α,β-unsaturated/α-hetero) is 1. The van der Waals surface area contributed by atoms with Crippen LogP contribution in [0.4, 0.5) is 5.82 Å². The van der Waals surface area contributed by atoms with E-state index >= 15 is 0 Å². The lowest BCUT2D eigenvalue weighted by Crippen LogP contribution is -2.36. The molecule has 0 bridgehead atoms. The summed E-state index contributed by atoms with van der Waals surface area (Å²) < 4.78 is 0. The second kappa shape index (κ2) is 4.83. The number of pyridine rings is 1. The minimum atomic E-state index is 0.239. The smallest absolute Gasteiger partial charge is 0.133 e. The first-order chi connectivity index (χ1) is 7.66. The first kappa shape index (κ1) is 11.4. The summed E-state index contributed by atoms with van der Waals surface area (Å²) in [4.78, 5) is 17.7. The van der Waals surface area contributed by atoms with Crippen LogP contribution < -0.4 is 4.90 Å². The number of anilines is 1. The van der Waals surface area contributed by atoms with Crippen LogP contribution in [0.1, 0.15) is 19.8 Å². The molecule has 0 atom stereocenters. The Hall–Kier alpha value is -1.09. The third kappa shape index (κ3) is 2.53. The van der Waals surface area contributed by atoms with Gasteiger partial charge >= 0.3 is 0 Å². The molecule has 0 unspecified atom stereocenters. The summed E-state index contributed by atoms with van der Waals surface area (Å²) >= 11 is 5.79. The molecule has 0 aromatic carbocycles. The van der Waals surface area contributed by atoms with Crippen LogP contribution in [0.3, 0.4) is 0 Å². The van der Waals surface area contributed by atoms with E-state index in [1.54, 1.807) is 13.1 Å². The van der Waals surface area contributed by atoms with Crippen molar-refractivity contribution >= 4 is 23.2 Å². The third-order valence-corrected chi connectivity index (χ3v) is 3.33. The van der Waals surface area contributed by atoms with Gasteiger partial charge in [0.2, 0.25) is 0 Å². The molecule has 86 valence electrons. The average molecular weight is 239 g/mol. The Labute approximate surface area is 100 Å². The van der Waals surface area contributed by atoms with Crippen LogP contribution in [0.2, 0.25) is 5.02 Å². The van der Waals surface area contributed by atoms with E-state index in [4.69, 9.17) is 11.6 Å². The largest absolute Gasteiger partial charge is 0.357 e. The highest BCUT2D eigenvalue weighted by Gasteiger charge is 2.22. The van der Waals surface area contributed by atoms with Gasteiger partial charge in [0.05, 0.1) is 5.02 Å². The average Bonchev–Trinajstić information content (AvgIpc) is 2.30. The Bertz CT molecular complexity index is 369. The lowest BCUT2D eigenvalue weighted by atomic mass is 9.93. The molecule has 1 aliphatic rings. The van der Waals surface area contributed by atoms with Gasteiger partial charge in [-0.25, -0.2) is 4.98 Å². The van der Waals surface area contributed by atoms with E-state index in [1.807, 2.05) is 12.1 Å². The van der Waals surface area contributed by atoms with E-state index in [-0.39, 0.29) is 5.92 Å². The number of carbonyl (C=O) groups is 1. The Morgan fingerprint density at radius 2 is 2.12 bits per heavy atom. The summed E-state index contributed by atoms with van der Waals surface area (Å²) in [5.41, 5.74) is 0. The summed E-state index contributed by atoms with van der Waals surface area (Å²) in [7, 11) is 0. The maximum absolute atomic E-state index is 11.2. The van der Waals surface area contributed by atoms with E-state index in [0.29, 0.717) is 10.8 Å². The van der Waals surface area contributed by atoms with Crippen LogP contribution in [-0.4, -0.2) is 23.9 Å². The van der Waals surface area contributed by atoms with Gasteiger partial charge in [-0.05, 0) is 31.9 Å². The van der Waals surface area contributed by atoms with Gasteiger partial charge < -0.3 is 4.90 Å². The molecule has 0 saturated carbocycles. The van der Waals surface area contributed by atoms with Crippen LogP contribution in [0.5, 0.6) is 0 Å². The predicted octanol–water partition coefficient (Wildman–Crippen LogP) is 2.54. The lowest BCUT2D eigenvalue weighted by molar-refractivity contribution is -0.121. The van der Waals surface area contributed by atoms with Gasteiger partial charge in [-0.1, -0.05) is 11.6 Å². The SMILES string of the molecule is CC(=O)C1CCN(c2ccc(Cl)cn2)CC1. The molecule has 2 rings (SSSR count). The number of aromatic nitrogens is 1. The van der Waals surface area contributed by atoms with Crippen molar-refractivity contribution < 1.29 is 4.79 Å². The summed E-state index contributed by atoms with van der Waals surface area (Å²) in [5, 5.41) is 0.655. The highest BCUT2D eigenvalue weighted by Crippen LogP contribution is 2.22. The molecule has 0 amide bonds. The number of nitrogens with zero attached hydrogens (tertiary/aromatic N) is 2. The molecule has 2 heterocycles. The monoisotopic (exact) mass is 238 g/mol. The van der Waals surface area contributed by atoms with Crippen molar-refractivity contribution in [1.82, 2.24) is 4.98 Å². The summed E-state index contributed by atoms with van der Waals surface area (Å²) in [5.74, 6) is 1.50. The van der Waals surface area contributed by atoms with Crippen molar-refractivity contribution in [2.75, 3.05) is 18.0 Å². The van der Waals surface area contributed by atoms with Crippen molar-refractivity contribution in [1.29, 1.82) is 0 Å².